The number of carbonyl (C=O) groups excluding carboxylic acids is 2. The Hall–Kier alpha value is -1.69. The summed E-state index contributed by atoms with van der Waals surface area (Å²) < 4.78 is 0. The first-order chi connectivity index (χ1) is 10.1. The predicted molar refractivity (Wildman–Crippen MR) is 84.5 cm³/mol. The van der Waals surface area contributed by atoms with Gasteiger partial charge in [0.2, 0.25) is 5.91 Å². The first-order valence-electron chi connectivity index (χ1n) is 7.24. The van der Waals surface area contributed by atoms with Gasteiger partial charge in [-0.05, 0) is 38.8 Å². The highest BCUT2D eigenvalue weighted by Crippen LogP contribution is 2.15. The highest BCUT2D eigenvalue weighted by atomic mass is 32.1. The number of rotatable bonds is 4. The zero-order chi connectivity index (χ0) is 15.2. The molecule has 0 radical (unpaired) electrons. The Morgan fingerprint density at radius 1 is 1.38 bits per heavy atom. The van der Waals surface area contributed by atoms with Crippen LogP contribution in [-0.2, 0) is 9.59 Å². The van der Waals surface area contributed by atoms with Gasteiger partial charge >= 0.3 is 0 Å². The number of likely N-dealkylation sites (tertiary alicyclic amines) is 1. The van der Waals surface area contributed by atoms with Crippen molar-refractivity contribution in [3.05, 3.63) is 21.9 Å². The molecule has 2 rings (SSSR count). The average molecular weight is 307 g/mol. The summed E-state index contributed by atoms with van der Waals surface area (Å²) in [5.74, 6) is -0.171. The molecule has 2 amide bonds. The van der Waals surface area contributed by atoms with E-state index >= 15 is 0 Å². The highest BCUT2D eigenvalue weighted by molar-refractivity contribution is 7.14. The molecule has 1 N–H and O–H groups in total. The number of hydrogen-bond donors (Lipinski definition) is 1. The first-order valence-corrected chi connectivity index (χ1v) is 8.05. The van der Waals surface area contributed by atoms with E-state index in [0.29, 0.717) is 13.0 Å². The fourth-order valence-electron chi connectivity index (χ4n) is 2.24. The predicted octanol–water partition coefficient (Wildman–Crippen LogP) is 2.30. The van der Waals surface area contributed by atoms with Gasteiger partial charge in [0.05, 0.1) is 10.6 Å². The molecule has 1 fully saturated rings. The lowest BCUT2D eigenvalue weighted by Crippen LogP contribution is -2.39. The van der Waals surface area contributed by atoms with Crippen LogP contribution in [0.2, 0.25) is 0 Å². The lowest BCUT2D eigenvalue weighted by Gasteiger charge is -2.18. The summed E-state index contributed by atoms with van der Waals surface area (Å²) in [6.07, 6.45) is 3.49. The lowest BCUT2D eigenvalue weighted by molar-refractivity contribution is -0.135. The molecule has 1 aromatic heterocycles. The number of amides is 2. The molecule has 1 saturated heterocycles. The SMILES string of the molecule is C/C(=N/NC(=O)CN1CCCCCC1=O)c1ccc(C)s1. The summed E-state index contributed by atoms with van der Waals surface area (Å²) in [6.45, 7) is 4.66. The number of thiophene rings is 1. The molecular formula is C15H21N3O2S. The second-order valence-corrected chi connectivity index (χ2v) is 6.56. The summed E-state index contributed by atoms with van der Waals surface area (Å²) in [6, 6.07) is 4.01. The fourth-order valence-corrected chi connectivity index (χ4v) is 3.06. The zero-order valence-electron chi connectivity index (χ0n) is 12.5. The molecule has 0 atom stereocenters. The maximum Gasteiger partial charge on any atom is 0.259 e. The van der Waals surface area contributed by atoms with Crippen LogP contribution in [0, 0.1) is 6.92 Å². The van der Waals surface area contributed by atoms with Crippen molar-refractivity contribution in [2.75, 3.05) is 13.1 Å². The van der Waals surface area contributed by atoms with E-state index in [1.165, 1.54) is 4.88 Å². The van der Waals surface area contributed by atoms with E-state index in [0.717, 1.165) is 29.9 Å². The van der Waals surface area contributed by atoms with Gasteiger partial charge in [0, 0.05) is 17.8 Å². The Kier molecular flexibility index (Phi) is 5.50. The van der Waals surface area contributed by atoms with Gasteiger partial charge in [0.15, 0.2) is 0 Å². The molecule has 1 aliphatic rings. The first kappa shape index (κ1) is 15.7. The van der Waals surface area contributed by atoms with E-state index in [1.54, 1.807) is 16.2 Å². The van der Waals surface area contributed by atoms with E-state index in [1.807, 2.05) is 26.0 Å². The summed E-state index contributed by atoms with van der Waals surface area (Å²) >= 11 is 1.64. The molecule has 6 heteroatoms. The van der Waals surface area contributed by atoms with E-state index in [4.69, 9.17) is 0 Å². The standard InChI is InChI=1S/C15H21N3O2S/c1-11-7-8-13(21-11)12(2)16-17-14(19)10-18-9-5-3-4-6-15(18)20/h7-8H,3-6,9-10H2,1-2H3,(H,17,19)/b16-12-. The van der Waals surface area contributed by atoms with E-state index in [9.17, 15) is 9.59 Å². The molecular weight excluding hydrogens is 286 g/mol. The normalized spacial score (nSPS) is 16.8. The Balaban J connectivity index is 1.87. The van der Waals surface area contributed by atoms with Crippen LogP contribution in [-0.4, -0.2) is 35.5 Å². The minimum atomic E-state index is -0.238. The molecule has 0 spiro atoms. The second kappa shape index (κ2) is 7.36. The van der Waals surface area contributed by atoms with Gasteiger partial charge < -0.3 is 4.90 Å². The number of aryl methyl sites for hydroxylation is 1. The average Bonchev–Trinajstić information content (AvgIpc) is 2.79. The minimum Gasteiger partial charge on any atom is -0.333 e. The van der Waals surface area contributed by atoms with E-state index in [-0.39, 0.29) is 18.4 Å². The second-order valence-electron chi connectivity index (χ2n) is 5.27. The van der Waals surface area contributed by atoms with Crippen molar-refractivity contribution in [3.8, 4) is 0 Å². The molecule has 2 heterocycles. The molecule has 0 unspecified atom stereocenters. The lowest BCUT2D eigenvalue weighted by atomic mass is 10.2. The van der Waals surface area contributed by atoms with Crippen molar-refractivity contribution in [3.63, 3.8) is 0 Å². The third-order valence-electron chi connectivity index (χ3n) is 3.45. The summed E-state index contributed by atoms with van der Waals surface area (Å²) in [5, 5.41) is 4.11. The zero-order valence-corrected chi connectivity index (χ0v) is 13.3. The number of hydrazone groups is 1. The van der Waals surface area contributed by atoms with Crippen LogP contribution >= 0.6 is 11.3 Å². The van der Waals surface area contributed by atoms with Crippen LogP contribution < -0.4 is 5.43 Å². The Morgan fingerprint density at radius 3 is 2.90 bits per heavy atom. The summed E-state index contributed by atoms with van der Waals surface area (Å²) in [5.41, 5.74) is 3.32. The largest absolute Gasteiger partial charge is 0.333 e. The third kappa shape index (κ3) is 4.67. The van der Waals surface area contributed by atoms with Crippen LogP contribution in [0.3, 0.4) is 0 Å². The number of nitrogens with one attached hydrogen (secondary N) is 1. The number of carbonyl (C=O) groups is 2. The van der Waals surface area contributed by atoms with Crippen LogP contribution in [0.25, 0.3) is 0 Å². The minimum absolute atomic E-state index is 0.0669. The Labute approximate surface area is 129 Å². The van der Waals surface area contributed by atoms with E-state index < -0.39 is 0 Å². The Bertz CT molecular complexity index is 551. The summed E-state index contributed by atoms with van der Waals surface area (Å²) in [4.78, 5) is 27.6. The van der Waals surface area contributed by atoms with Gasteiger partial charge in [-0.2, -0.15) is 5.10 Å². The van der Waals surface area contributed by atoms with Gasteiger partial charge in [-0.1, -0.05) is 6.42 Å². The fraction of sp³-hybridized carbons (Fsp3) is 0.533. The Morgan fingerprint density at radius 2 is 2.19 bits per heavy atom. The highest BCUT2D eigenvalue weighted by Gasteiger charge is 2.18. The van der Waals surface area contributed by atoms with Gasteiger partial charge in [0.25, 0.3) is 5.91 Å². The van der Waals surface area contributed by atoms with E-state index in [2.05, 4.69) is 10.5 Å². The van der Waals surface area contributed by atoms with Crippen molar-refractivity contribution >= 4 is 28.9 Å². The monoisotopic (exact) mass is 307 g/mol. The number of hydrogen-bond acceptors (Lipinski definition) is 4. The van der Waals surface area contributed by atoms with Crippen LogP contribution in [0.15, 0.2) is 17.2 Å². The van der Waals surface area contributed by atoms with Crippen molar-refractivity contribution in [1.82, 2.24) is 10.3 Å². The molecule has 0 saturated carbocycles. The van der Waals surface area contributed by atoms with Crippen LogP contribution in [0.1, 0.15) is 42.4 Å². The van der Waals surface area contributed by atoms with Crippen LogP contribution in [0.5, 0.6) is 0 Å². The van der Waals surface area contributed by atoms with Crippen LogP contribution in [0.4, 0.5) is 0 Å². The van der Waals surface area contributed by atoms with Gasteiger partial charge in [-0.3, -0.25) is 9.59 Å². The molecule has 0 bridgehead atoms. The molecule has 0 aromatic carbocycles. The topological polar surface area (TPSA) is 61.8 Å². The van der Waals surface area contributed by atoms with Crippen molar-refractivity contribution in [2.45, 2.75) is 39.5 Å². The van der Waals surface area contributed by atoms with Gasteiger partial charge in [-0.25, -0.2) is 5.43 Å². The smallest absolute Gasteiger partial charge is 0.259 e. The maximum absolute atomic E-state index is 11.9. The molecule has 21 heavy (non-hydrogen) atoms. The van der Waals surface area contributed by atoms with Gasteiger partial charge in [-0.15, -0.1) is 11.3 Å². The molecule has 5 nitrogen and oxygen atoms in total. The van der Waals surface area contributed by atoms with Crippen molar-refractivity contribution in [2.24, 2.45) is 5.10 Å². The third-order valence-corrected chi connectivity index (χ3v) is 4.56. The quantitative estimate of drug-likeness (QED) is 0.685. The molecule has 0 aliphatic carbocycles. The molecule has 1 aromatic rings. The summed E-state index contributed by atoms with van der Waals surface area (Å²) in [7, 11) is 0. The maximum atomic E-state index is 11.9. The van der Waals surface area contributed by atoms with Crippen molar-refractivity contribution < 1.29 is 9.59 Å². The van der Waals surface area contributed by atoms with Gasteiger partial charge in [0.1, 0.15) is 6.54 Å². The molecule has 114 valence electrons. The molecule has 1 aliphatic heterocycles. The van der Waals surface area contributed by atoms with Crippen molar-refractivity contribution in [1.29, 1.82) is 0 Å². The number of nitrogens with zero attached hydrogens (tertiary/aromatic N) is 2.